The second kappa shape index (κ2) is 11.3. The van der Waals surface area contributed by atoms with Crippen LogP contribution in [-0.4, -0.2) is 17.7 Å². The van der Waals surface area contributed by atoms with Gasteiger partial charge in [0.2, 0.25) is 0 Å². The number of carbonyl (C=O) groups excluding carboxylic acids is 1. The molecule has 2 N–H and O–H groups in total. The normalized spacial score (nSPS) is 14.0. The SMILES string of the molecule is CCOC(=O)c1c(NC(=S)Nc2c(C(C)C)cccc2C(C)C)sc2c1CCCCCC2. The van der Waals surface area contributed by atoms with Crippen molar-refractivity contribution in [1.29, 1.82) is 0 Å². The zero-order valence-corrected chi connectivity index (χ0v) is 21.6. The summed E-state index contributed by atoms with van der Waals surface area (Å²) in [6.07, 6.45) is 6.68. The lowest BCUT2D eigenvalue weighted by atomic mass is 9.93. The van der Waals surface area contributed by atoms with Gasteiger partial charge in [0, 0.05) is 10.6 Å². The first-order valence-electron chi connectivity index (χ1n) is 11.9. The Bertz CT molecular complexity index is 937. The number of ether oxygens (including phenoxy) is 1. The first-order chi connectivity index (χ1) is 15.3. The maximum absolute atomic E-state index is 12.9. The van der Waals surface area contributed by atoms with Gasteiger partial charge in [-0.15, -0.1) is 11.3 Å². The predicted molar refractivity (Wildman–Crippen MR) is 141 cm³/mol. The summed E-state index contributed by atoms with van der Waals surface area (Å²) in [5.41, 5.74) is 5.39. The van der Waals surface area contributed by atoms with Gasteiger partial charge in [0.1, 0.15) is 5.00 Å². The Morgan fingerprint density at radius 1 is 1.03 bits per heavy atom. The number of hydrogen-bond acceptors (Lipinski definition) is 4. The van der Waals surface area contributed by atoms with Gasteiger partial charge >= 0.3 is 5.97 Å². The summed E-state index contributed by atoms with van der Waals surface area (Å²) >= 11 is 7.41. The standard InChI is InChI=1S/C26H36N2O2S2/c1-6-30-25(29)22-20-12-9-7-8-10-15-21(20)32-24(22)28-26(31)27-23-18(16(2)3)13-11-14-19(23)17(4)5/h11,13-14,16-17H,6-10,12,15H2,1-5H3,(H2,27,28,31). The highest BCUT2D eigenvalue weighted by molar-refractivity contribution is 7.80. The Balaban J connectivity index is 1.93. The quantitative estimate of drug-likeness (QED) is 0.334. The van der Waals surface area contributed by atoms with Crippen LogP contribution in [0.3, 0.4) is 0 Å². The summed E-state index contributed by atoms with van der Waals surface area (Å²) in [6.45, 7) is 11.0. The zero-order chi connectivity index (χ0) is 23.3. The number of benzene rings is 1. The molecule has 0 fully saturated rings. The number of anilines is 2. The van der Waals surface area contributed by atoms with Gasteiger partial charge in [0.15, 0.2) is 5.11 Å². The van der Waals surface area contributed by atoms with E-state index < -0.39 is 0 Å². The van der Waals surface area contributed by atoms with Crippen molar-refractivity contribution < 1.29 is 9.53 Å². The van der Waals surface area contributed by atoms with E-state index >= 15 is 0 Å². The Hall–Kier alpha value is -1.92. The van der Waals surface area contributed by atoms with E-state index in [0.717, 1.165) is 41.9 Å². The molecule has 0 saturated heterocycles. The molecule has 0 radical (unpaired) electrons. The van der Waals surface area contributed by atoms with Crippen molar-refractivity contribution in [1.82, 2.24) is 0 Å². The lowest BCUT2D eigenvalue weighted by molar-refractivity contribution is 0.0526. The summed E-state index contributed by atoms with van der Waals surface area (Å²) in [4.78, 5) is 14.2. The van der Waals surface area contributed by atoms with Crippen LogP contribution in [0.4, 0.5) is 10.7 Å². The number of thiocarbonyl (C=S) groups is 1. The zero-order valence-electron chi connectivity index (χ0n) is 20.0. The highest BCUT2D eigenvalue weighted by atomic mass is 32.1. The van der Waals surface area contributed by atoms with Crippen LogP contribution in [0.5, 0.6) is 0 Å². The van der Waals surface area contributed by atoms with Crippen LogP contribution in [0.15, 0.2) is 18.2 Å². The Kier molecular flexibility index (Phi) is 8.72. The van der Waals surface area contributed by atoms with Gasteiger partial charge in [-0.2, -0.15) is 0 Å². The van der Waals surface area contributed by atoms with Crippen LogP contribution in [-0.2, 0) is 17.6 Å². The topological polar surface area (TPSA) is 50.4 Å². The minimum Gasteiger partial charge on any atom is -0.462 e. The average molecular weight is 473 g/mol. The van der Waals surface area contributed by atoms with Crippen molar-refractivity contribution in [2.24, 2.45) is 0 Å². The smallest absolute Gasteiger partial charge is 0.341 e. The first-order valence-corrected chi connectivity index (χ1v) is 13.1. The third-order valence-electron chi connectivity index (χ3n) is 5.99. The van der Waals surface area contributed by atoms with Crippen molar-refractivity contribution in [2.45, 2.75) is 85.0 Å². The van der Waals surface area contributed by atoms with Crippen LogP contribution in [0.25, 0.3) is 0 Å². The number of thiophene rings is 1. The van der Waals surface area contributed by atoms with Gasteiger partial charge in [-0.25, -0.2) is 4.79 Å². The first kappa shape index (κ1) is 24.7. The van der Waals surface area contributed by atoms with Gasteiger partial charge in [0.05, 0.1) is 12.2 Å². The molecule has 1 aliphatic rings. The number of rotatable bonds is 6. The van der Waals surface area contributed by atoms with Crippen LogP contribution >= 0.6 is 23.6 Å². The van der Waals surface area contributed by atoms with Crippen molar-refractivity contribution in [2.75, 3.05) is 17.2 Å². The van der Waals surface area contributed by atoms with E-state index in [1.807, 2.05) is 6.92 Å². The van der Waals surface area contributed by atoms with Crippen LogP contribution in [0.1, 0.15) is 104 Å². The molecule has 0 atom stereocenters. The number of hydrogen-bond donors (Lipinski definition) is 2. The molecule has 3 rings (SSSR count). The fourth-order valence-electron chi connectivity index (χ4n) is 4.37. The second-order valence-electron chi connectivity index (χ2n) is 9.04. The van der Waals surface area contributed by atoms with E-state index in [1.165, 1.54) is 28.8 Å². The maximum Gasteiger partial charge on any atom is 0.341 e. The molecule has 1 aromatic heterocycles. The average Bonchev–Trinajstić information content (AvgIpc) is 3.03. The molecule has 4 nitrogen and oxygen atoms in total. The summed E-state index contributed by atoms with van der Waals surface area (Å²) in [5.74, 6) is 0.493. The van der Waals surface area contributed by atoms with Gasteiger partial charge in [-0.1, -0.05) is 58.7 Å². The van der Waals surface area contributed by atoms with Gasteiger partial charge in [-0.05, 0) is 73.4 Å². The van der Waals surface area contributed by atoms with E-state index in [4.69, 9.17) is 17.0 Å². The molecule has 1 aromatic carbocycles. The lowest BCUT2D eigenvalue weighted by Gasteiger charge is -2.21. The summed E-state index contributed by atoms with van der Waals surface area (Å²) in [7, 11) is 0. The number of para-hydroxylation sites is 1. The van der Waals surface area contributed by atoms with Crippen LogP contribution in [0, 0.1) is 0 Å². The Labute approximate surface area is 202 Å². The number of esters is 1. The second-order valence-corrected chi connectivity index (χ2v) is 10.6. The fraction of sp³-hybridized carbons (Fsp3) is 0.538. The maximum atomic E-state index is 12.9. The highest BCUT2D eigenvalue weighted by Gasteiger charge is 2.26. The largest absolute Gasteiger partial charge is 0.462 e. The third-order valence-corrected chi connectivity index (χ3v) is 7.40. The molecule has 1 heterocycles. The van der Waals surface area contributed by atoms with E-state index in [9.17, 15) is 4.79 Å². The van der Waals surface area contributed by atoms with E-state index in [0.29, 0.717) is 29.1 Å². The van der Waals surface area contributed by atoms with Gasteiger partial charge < -0.3 is 15.4 Å². The van der Waals surface area contributed by atoms with E-state index in [-0.39, 0.29) is 5.97 Å². The fourth-order valence-corrected chi connectivity index (χ4v) is 5.92. The van der Waals surface area contributed by atoms with Crippen molar-refractivity contribution >= 4 is 45.3 Å². The van der Waals surface area contributed by atoms with Crippen molar-refractivity contribution in [3.8, 4) is 0 Å². The summed E-state index contributed by atoms with van der Waals surface area (Å²) in [5, 5.41) is 8.16. The molecule has 0 amide bonds. The molecule has 6 heteroatoms. The number of carbonyl (C=O) groups is 1. The van der Waals surface area contributed by atoms with Crippen molar-refractivity contribution in [3.63, 3.8) is 0 Å². The molecule has 0 unspecified atom stereocenters. The molecule has 32 heavy (non-hydrogen) atoms. The van der Waals surface area contributed by atoms with Gasteiger partial charge in [0.25, 0.3) is 0 Å². The molecule has 0 saturated carbocycles. The number of nitrogens with one attached hydrogen (secondary N) is 2. The third kappa shape index (κ3) is 5.70. The Morgan fingerprint density at radius 2 is 1.66 bits per heavy atom. The molecular formula is C26H36N2O2S2. The minimum absolute atomic E-state index is 0.249. The summed E-state index contributed by atoms with van der Waals surface area (Å²) < 4.78 is 5.43. The lowest BCUT2D eigenvalue weighted by Crippen LogP contribution is -2.22. The predicted octanol–water partition coefficient (Wildman–Crippen LogP) is 7.64. The van der Waals surface area contributed by atoms with Crippen molar-refractivity contribution in [3.05, 3.63) is 45.3 Å². The molecule has 0 bridgehead atoms. The molecule has 2 aromatic rings. The molecular weight excluding hydrogens is 436 g/mol. The van der Waals surface area contributed by atoms with E-state index in [1.54, 1.807) is 11.3 Å². The minimum atomic E-state index is -0.249. The van der Waals surface area contributed by atoms with Crippen LogP contribution in [0.2, 0.25) is 0 Å². The van der Waals surface area contributed by atoms with Crippen LogP contribution < -0.4 is 10.6 Å². The summed E-state index contributed by atoms with van der Waals surface area (Å²) in [6, 6.07) is 6.43. The molecule has 0 spiro atoms. The van der Waals surface area contributed by atoms with Gasteiger partial charge in [-0.3, -0.25) is 0 Å². The number of aryl methyl sites for hydroxylation is 1. The highest BCUT2D eigenvalue weighted by Crippen LogP contribution is 2.38. The molecule has 0 aliphatic heterocycles. The molecule has 174 valence electrons. The molecule has 1 aliphatic carbocycles. The number of fused-ring (bicyclic) bond motifs is 1. The van der Waals surface area contributed by atoms with E-state index in [2.05, 4.69) is 56.5 Å². The Morgan fingerprint density at radius 3 is 2.25 bits per heavy atom. The monoisotopic (exact) mass is 472 g/mol.